The van der Waals surface area contributed by atoms with Gasteiger partial charge in [-0.15, -0.1) is 0 Å². The van der Waals surface area contributed by atoms with Crippen molar-refractivity contribution in [1.29, 1.82) is 0 Å². The fraction of sp³-hybridized carbons (Fsp3) is 0.148. The van der Waals surface area contributed by atoms with E-state index in [0.29, 0.717) is 0 Å². The van der Waals surface area contributed by atoms with E-state index in [-0.39, 0.29) is 17.7 Å². The quantitative estimate of drug-likeness (QED) is 0.153. The van der Waals surface area contributed by atoms with E-state index in [9.17, 15) is 0 Å². The molecular formula is C61H47BN2O2Si. The Labute approximate surface area is 393 Å². The highest BCUT2D eigenvalue weighted by atomic mass is 28.3. The Kier molecular flexibility index (Phi) is 7.23. The number of para-hydroxylation sites is 4. The molecular weight excluding hydrogens is 832 g/mol. The maximum atomic E-state index is 6.88. The van der Waals surface area contributed by atoms with Crippen molar-refractivity contribution in [3.63, 3.8) is 0 Å². The van der Waals surface area contributed by atoms with Gasteiger partial charge < -0.3 is 19.2 Å². The molecule has 67 heavy (non-hydrogen) atoms. The van der Waals surface area contributed by atoms with Crippen LogP contribution in [0.2, 0.25) is 0 Å². The molecule has 5 heterocycles. The van der Waals surface area contributed by atoms with Gasteiger partial charge in [-0.1, -0.05) is 155 Å². The Morgan fingerprint density at radius 2 is 1.07 bits per heavy atom. The van der Waals surface area contributed by atoms with Crippen molar-refractivity contribution < 1.29 is 9.47 Å². The number of hydrogen-bond acceptors (Lipinski definition) is 4. The van der Waals surface area contributed by atoms with Crippen LogP contribution in [0.1, 0.15) is 57.2 Å². The predicted molar refractivity (Wildman–Crippen MR) is 280 cm³/mol. The third kappa shape index (κ3) is 4.69. The number of nitrogens with zero attached hydrogens (tertiary/aromatic N) is 2. The Morgan fingerprint density at radius 1 is 0.493 bits per heavy atom. The third-order valence-electron chi connectivity index (χ3n) is 16.6. The second kappa shape index (κ2) is 12.8. The summed E-state index contributed by atoms with van der Waals surface area (Å²) in [5.74, 6) is 2.93. The molecule has 0 saturated carbocycles. The fourth-order valence-electron chi connectivity index (χ4n) is 13.5. The van der Waals surface area contributed by atoms with Crippen LogP contribution in [0.4, 0.5) is 28.4 Å². The summed E-state index contributed by atoms with van der Waals surface area (Å²) < 4.78 is 13.7. The van der Waals surface area contributed by atoms with E-state index >= 15 is 0 Å². The van der Waals surface area contributed by atoms with Crippen molar-refractivity contribution in [1.82, 2.24) is 0 Å². The molecule has 320 valence electrons. The van der Waals surface area contributed by atoms with Gasteiger partial charge in [-0.3, -0.25) is 0 Å². The number of fused-ring (bicyclic) bond motifs is 18. The van der Waals surface area contributed by atoms with Gasteiger partial charge in [-0.05, 0) is 143 Å². The molecule has 0 bridgehead atoms. The van der Waals surface area contributed by atoms with Gasteiger partial charge in [0.2, 0.25) is 0 Å². The molecule has 5 aliphatic heterocycles. The standard InChI is InChI=1S/C61H47BN2O2Si/c1-36-31-42-43(61(4,5)30-29-60(42,2)3)33-46(36)63-47-35-52-51(65-49-23-11-12-24-50(49)66-52)34-44(47)62-58-48(63)32-37-17-6-7-18-38(37)57(58)41-21-16-28-56-59(41)64(62)45-22-10-15-27-55(45)67(56)53-25-13-8-19-39(53)40-20-9-14-26-54(40)67/h6-28,31-35H,29-30H2,1-5H3. The van der Waals surface area contributed by atoms with Crippen LogP contribution in [0.25, 0.3) is 33.0 Å². The van der Waals surface area contributed by atoms with Crippen LogP contribution in [0.15, 0.2) is 170 Å². The van der Waals surface area contributed by atoms with Crippen LogP contribution in [0, 0.1) is 6.92 Å². The van der Waals surface area contributed by atoms with Gasteiger partial charge in [0.25, 0.3) is 0 Å². The number of benzene rings is 9. The van der Waals surface area contributed by atoms with Crippen molar-refractivity contribution in [3.05, 3.63) is 187 Å². The molecule has 6 heteroatoms. The molecule has 0 amide bonds. The highest BCUT2D eigenvalue weighted by Gasteiger charge is 2.58. The summed E-state index contributed by atoms with van der Waals surface area (Å²) in [5, 5.41) is 8.35. The molecule has 6 aliphatic rings. The third-order valence-corrected chi connectivity index (χ3v) is 21.6. The summed E-state index contributed by atoms with van der Waals surface area (Å²) in [7, 11) is -2.85. The molecule has 0 aromatic heterocycles. The minimum atomic E-state index is -2.85. The van der Waals surface area contributed by atoms with Gasteiger partial charge in [-0.2, -0.15) is 0 Å². The van der Waals surface area contributed by atoms with E-state index in [4.69, 9.17) is 9.47 Å². The molecule has 0 N–H and O–H groups in total. The Hall–Kier alpha value is -7.28. The summed E-state index contributed by atoms with van der Waals surface area (Å²) in [6, 6.07) is 64.5. The fourth-order valence-corrected chi connectivity index (χ4v) is 19.1. The number of hydrogen-bond donors (Lipinski definition) is 0. The van der Waals surface area contributed by atoms with Crippen molar-refractivity contribution in [2.75, 3.05) is 9.71 Å². The molecule has 0 radical (unpaired) electrons. The summed E-state index contributed by atoms with van der Waals surface area (Å²) in [6.45, 7) is 11.9. The molecule has 9 aromatic rings. The lowest BCUT2D eigenvalue weighted by molar-refractivity contribution is 0.332. The molecule has 0 saturated heterocycles. The van der Waals surface area contributed by atoms with Crippen molar-refractivity contribution >= 4 is 85.8 Å². The predicted octanol–water partition coefficient (Wildman–Crippen LogP) is 11.8. The second-order valence-corrected chi connectivity index (χ2v) is 24.7. The first-order valence-electron chi connectivity index (χ1n) is 24.0. The van der Waals surface area contributed by atoms with E-state index in [1.165, 1.54) is 111 Å². The van der Waals surface area contributed by atoms with Crippen LogP contribution >= 0.6 is 0 Å². The average molecular weight is 879 g/mol. The van der Waals surface area contributed by atoms with Crippen LogP contribution in [0.3, 0.4) is 0 Å². The van der Waals surface area contributed by atoms with Crippen molar-refractivity contribution in [2.45, 2.75) is 58.3 Å². The van der Waals surface area contributed by atoms with Crippen molar-refractivity contribution in [2.24, 2.45) is 0 Å². The number of aryl methyl sites for hydroxylation is 1. The lowest BCUT2D eigenvalue weighted by atomic mass is 9.43. The molecule has 1 aliphatic carbocycles. The maximum absolute atomic E-state index is 6.88. The zero-order valence-electron chi connectivity index (χ0n) is 38.4. The second-order valence-electron chi connectivity index (χ2n) is 21.0. The Balaban J connectivity index is 1.10. The first-order chi connectivity index (χ1) is 32.6. The normalized spacial score (nSPS) is 17.1. The lowest BCUT2D eigenvalue weighted by Gasteiger charge is -2.52. The number of anilines is 5. The van der Waals surface area contributed by atoms with E-state index < -0.39 is 8.07 Å². The highest BCUT2D eigenvalue weighted by molar-refractivity contribution is 7.24. The molecule has 0 unspecified atom stereocenters. The van der Waals surface area contributed by atoms with Crippen LogP contribution < -0.4 is 50.9 Å². The van der Waals surface area contributed by atoms with E-state index in [1.54, 1.807) is 0 Å². The number of rotatable bonds is 1. The monoisotopic (exact) mass is 878 g/mol. The zero-order valence-corrected chi connectivity index (χ0v) is 39.4. The Morgan fingerprint density at radius 3 is 1.81 bits per heavy atom. The molecule has 9 aromatic carbocycles. The van der Waals surface area contributed by atoms with Crippen LogP contribution in [-0.4, -0.2) is 14.9 Å². The topological polar surface area (TPSA) is 24.9 Å². The van der Waals surface area contributed by atoms with E-state index in [2.05, 4.69) is 190 Å². The summed E-state index contributed by atoms with van der Waals surface area (Å²) >= 11 is 0. The summed E-state index contributed by atoms with van der Waals surface area (Å²) in [4.78, 5) is 5.34. The van der Waals surface area contributed by atoms with Gasteiger partial charge in [0.1, 0.15) is 0 Å². The lowest BCUT2D eigenvalue weighted by Crippen LogP contribution is -2.78. The SMILES string of the molecule is Cc1cc2c(cc1N1c3cc4c(cc3B3c5c1cc1ccccc1c5-c1cccc5c1N3c1ccccc1[Si]51c3ccccc3-c3ccccc31)Oc1ccccc1O4)C(C)(C)CCC2(C)C. The average Bonchev–Trinajstić information content (AvgIpc) is 3.64. The molecule has 15 rings (SSSR count). The smallest absolute Gasteiger partial charge is 0.333 e. The van der Waals surface area contributed by atoms with Gasteiger partial charge in [0, 0.05) is 40.1 Å². The maximum Gasteiger partial charge on any atom is 0.333 e. The van der Waals surface area contributed by atoms with E-state index in [1.807, 2.05) is 24.3 Å². The summed E-state index contributed by atoms with van der Waals surface area (Å²) in [5.41, 5.74) is 18.3. The summed E-state index contributed by atoms with van der Waals surface area (Å²) in [6.07, 6.45) is 2.31. The molecule has 1 spiro atoms. The molecule has 0 fully saturated rings. The number of ether oxygens (including phenoxy) is 2. The Bertz CT molecular complexity index is 3680. The van der Waals surface area contributed by atoms with E-state index in [0.717, 1.165) is 35.1 Å². The largest absolute Gasteiger partial charge is 0.450 e. The highest BCUT2D eigenvalue weighted by Crippen LogP contribution is 2.55. The molecule has 0 atom stereocenters. The first kappa shape index (κ1) is 37.9. The van der Waals surface area contributed by atoms with Gasteiger partial charge in [0.05, 0.1) is 0 Å². The van der Waals surface area contributed by atoms with Crippen molar-refractivity contribution in [3.8, 4) is 45.3 Å². The van der Waals surface area contributed by atoms with Crippen LogP contribution in [-0.2, 0) is 10.8 Å². The minimum Gasteiger partial charge on any atom is -0.450 e. The zero-order chi connectivity index (χ0) is 44.7. The van der Waals surface area contributed by atoms with Crippen LogP contribution in [0.5, 0.6) is 23.0 Å². The van der Waals surface area contributed by atoms with Gasteiger partial charge in [0.15, 0.2) is 31.1 Å². The van der Waals surface area contributed by atoms with Gasteiger partial charge >= 0.3 is 6.85 Å². The molecule has 4 nitrogen and oxygen atoms in total. The van der Waals surface area contributed by atoms with Gasteiger partial charge in [-0.25, -0.2) is 0 Å². The first-order valence-corrected chi connectivity index (χ1v) is 26.0. The minimum absolute atomic E-state index is 0.0257.